The number of aromatic amines is 1. The number of aromatic nitrogens is 4. The molecule has 0 aliphatic rings. The predicted molar refractivity (Wildman–Crippen MR) is 99.7 cm³/mol. The molecule has 1 aromatic carbocycles. The summed E-state index contributed by atoms with van der Waals surface area (Å²) in [5.74, 6) is 0.114. The molecule has 4 aromatic rings. The second kappa shape index (κ2) is 6.71. The maximum Gasteiger partial charge on any atom is 0.162 e. The summed E-state index contributed by atoms with van der Waals surface area (Å²) in [5, 5.41) is 34.7. The topological polar surface area (TPSA) is 136 Å². The van der Waals surface area contributed by atoms with Gasteiger partial charge in [0.05, 0.1) is 23.0 Å². The fraction of sp³-hybridized carbons (Fsp3) is 0.0556. The van der Waals surface area contributed by atoms with Crippen LogP contribution in [-0.4, -0.2) is 30.4 Å². The lowest BCUT2D eigenvalue weighted by Crippen LogP contribution is -1.99. The van der Waals surface area contributed by atoms with Gasteiger partial charge >= 0.3 is 0 Å². The SMILES string of the molecule is O=NCc1nnc2[nH]cc(Nc3ccc(O)cc3)c2c1-c1ccncc1O. The third-order valence-corrected chi connectivity index (χ3v) is 4.10. The van der Waals surface area contributed by atoms with E-state index in [1.54, 1.807) is 42.7 Å². The van der Waals surface area contributed by atoms with Crippen LogP contribution in [-0.2, 0) is 6.54 Å². The van der Waals surface area contributed by atoms with Gasteiger partial charge in [-0.3, -0.25) is 4.98 Å². The molecule has 0 aliphatic carbocycles. The summed E-state index contributed by atoms with van der Waals surface area (Å²) in [6, 6.07) is 8.21. The molecule has 134 valence electrons. The van der Waals surface area contributed by atoms with Gasteiger partial charge < -0.3 is 20.5 Å². The van der Waals surface area contributed by atoms with Crippen molar-refractivity contribution in [2.45, 2.75) is 6.54 Å². The molecule has 0 aliphatic heterocycles. The second-order valence-corrected chi connectivity index (χ2v) is 5.80. The summed E-state index contributed by atoms with van der Waals surface area (Å²) in [7, 11) is 0. The quantitative estimate of drug-likeness (QED) is 0.315. The number of fused-ring (bicyclic) bond motifs is 1. The number of hydrogen-bond donors (Lipinski definition) is 4. The van der Waals surface area contributed by atoms with Crippen LogP contribution in [0.5, 0.6) is 11.5 Å². The molecule has 27 heavy (non-hydrogen) atoms. The summed E-state index contributed by atoms with van der Waals surface area (Å²) in [6.45, 7) is -0.191. The molecule has 4 N–H and O–H groups in total. The van der Waals surface area contributed by atoms with E-state index in [4.69, 9.17) is 0 Å². The Hall–Kier alpha value is -4.01. The standard InChI is InChI=1S/C18H14N6O3/c25-11-3-1-10(2-4-11)22-13-7-20-18-17(13)16(14(8-21-27)23-24-18)12-5-6-19-9-15(12)26/h1-7,9,22,25-26H,8H2,(H,20,24). The maximum atomic E-state index is 10.9. The third-order valence-electron chi connectivity index (χ3n) is 4.10. The van der Waals surface area contributed by atoms with Crippen LogP contribution in [0.3, 0.4) is 0 Å². The first-order chi connectivity index (χ1) is 13.2. The Labute approximate surface area is 152 Å². The summed E-state index contributed by atoms with van der Waals surface area (Å²) in [4.78, 5) is 17.8. The molecule has 4 rings (SSSR count). The van der Waals surface area contributed by atoms with Crippen molar-refractivity contribution in [2.24, 2.45) is 5.18 Å². The minimum Gasteiger partial charge on any atom is -0.508 e. The normalized spacial score (nSPS) is 10.8. The molecule has 3 aromatic heterocycles. The summed E-state index contributed by atoms with van der Waals surface area (Å²) in [6.07, 6.45) is 4.57. The Morgan fingerprint density at radius 3 is 2.67 bits per heavy atom. The lowest BCUT2D eigenvalue weighted by molar-refractivity contribution is 0.474. The zero-order valence-electron chi connectivity index (χ0n) is 13.9. The van der Waals surface area contributed by atoms with E-state index in [0.717, 1.165) is 5.69 Å². The van der Waals surface area contributed by atoms with Gasteiger partial charge in [0.1, 0.15) is 18.0 Å². The summed E-state index contributed by atoms with van der Waals surface area (Å²) < 4.78 is 0. The Kier molecular flexibility index (Phi) is 4.09. The van der Waals surface area contributed by atoms with E-state index in [0.29, 0.717) is 33.5 Å². The number of nitrogens with one attached hydrogen (secondary N) is 2. The van der Waals surface area contributed by atoms with Crippen LogP contribution in [0.15, 0.2) is 54.1 Å². The van der Waals surface area contributed by atoms with E-state index in [2.05, 4.69) is 30.7 Å². The fourth-order valence-corrected chi connectivity index (χ4v) is 2.91. The van der Waals surface area contributed by atoms with Crippen molar-refractivity contribution in [3.05, 3.63) is 59.5 Å². The second-order valence-electron chi connectivity index (χ2n) is 5.80. The first-order valence-electron chi connectivity index (χ1n) is 8.02. The van der Waals surface area contributed by atoms with Gasteiger partial charge in [-0.2, -0.15) is 10.0 Å². The van der Waals surface area contributed by atoms with Crippen molar-refractivity contribution >= 4 is 22.4 Å². The molecule has 0 spiro atoms. The summed E-state index contributed by atoms with van der Waals surface area (Å²) >= 11 is 0. The molecule has 0 saturated carbocycles. The number of phenols is 1. The van der Waals surface area contributed by atoms with Crippen molar-refractivity contribution in [3.63, 3.8) is 0 Å². The largest absolute Gasteiger partial charge is 0.508 e. The Balaban J connectivity index is 1.94. The van der Waals surface area contributed by atoms with Crippen LogP contribution in [0.4, 0.5) is 11.4 Å². The van der Waals surface area contributed by atoms with Gasteiger partial charge in [0.2, 0.25) is 0 Å². The third kappa shape index (κ3) is 3.01. The molecule has 0 unspecified atom stereocenters. The van der Waals surface area contributed by atoms with Crippen molar-refractivity contribution in [3.8, 4) is 22.6 Å². The van der Waals surface area contributed by atoms with Crippen molar-refractivity contribution in [1.29, 1.82) is 0 Å². The molecule has 9 heteroatoms. The van der Waals surface area contributed by atoms with E-state index < -0.39 is 0 Å². The van der Waals surface area contributed by atoms with E-state index in [1.165, 1.54) is 6.20 Å². The molecule has 9 nitrogen and oxygen atoms in total. The van der Waals surface area contributed by atoms with Crippen molar-refractivity contribution in [1.82, 2.24) is 20.2 Å². The number of H-pyrrole nitrogens is 1. The van der Waals surface area contributed by atoms with Gasteiger partial charge in [-0.15, -0.1) is 5.10 Å². The summed E-state index contributed by atoms with van der Waals surface area (Å²) in [5.41, 5.74) is 3.25. The Morgan fingerprint density at radius 2 is 1.93 bits per heavy atom. The van der Waals surface area contributed by atoms with E-state index in [9.17, 15) is 15.1 Å². The molecule has 0 atom stereocenters. The highest BCUT2D eigenvalue weighted by molar-refractivity contribution is 6.04. The number of nitrogens with zero attached hydrogens (tertiary/aromatic N) is 4. The number of aromatic hydroxyl groups is 2. The molecule has 0 amide bonds. The molecule has 0 bridgehead atoms. The number of benzene rings is 1. The van der Waals surface area contributed by atoms with Crippen LogP contribution in [0.25, 0.3) is 22.2 Å². The fourth-order valence-electron chi connectivity index (χ4n) is 2.91. The zero-order valence-corrected chi connectivity index (χ0v) is 13.9. The van der Waals surface area contributed by atoms with Gasteiger partial charge in [-0.05, 0) is 30.3 Å². The highest BCUT2D eigenvalue weighted by atomic mass is 16.3. The van der Waals surface area contributed by atoms with E-state index >= 15 is 0 Å². The Bertz CT molecular complexity index is 1120. The lowest BCUT2D eigenvalue weighted by atomic mass is 10.0. The average molecular weight is 362 g/mol. The van der Waals surface area contributed by atoms with Crippen LogP contribution >= 0.6 is 0 Å². The van der Waals surface area contributed by atoms with Gasteiger partial charge in [-0.25, -0.2) is 0 Å². The predicted octanol–water partition coefficient (Wildman–Crippen LogP) is 3.44. The molecule has 0 radical (unpaired) electrons. The maximum absolute atomic E-state index is 10.9. The number of anilines is 2. The first-order valence-corrected chi connectivity index (χ1v) is 8.02. The smallest absolute Gasteiger partial charge is 0.162 e. The van der Waals surface area contributed by atoms with Crippen molar-refractivity contribution < 1.29 is 10.2 Å². The van der Waals surface area contributed by atoms with E-state index in [1.807, 2.05) is 0 Å². The van der Waals surface area contributed by atoms with Gasteiger partial charge in [0.25, 0.3) is 0 Å². The Morgan fingerprint density at radius 1 is 1.11 bits per heavy atom. The number of hydrogen-bond acceptors (Lipinski definition) is 8. The number of nitroso groups, excluding NO2 is 1. The minimum absolute atomic E-state index is 0.0456. The monoisotopic (exact) mass is 362 g/mol. The number of rotatable bonds is 5. The van der Waals surface area contributed by atoms with Gasteiger partial charge in [0.15, 0.2) is 5.65 Å². The van der Waals surface area contributed by atoms with Crippen LogP contribution < -0.4 is 5.32 Å². The highest BCUT2D eigenvalue weighted by Gasteiger charge is 2.20. The average Bonchev–Trinajstić information content (AvgIpc) is 3.07. The first kappa shape index (κ1) is 16.5. The minimum atomic E-state index is -0.191. The molecule has 3 heterocycles. The molecule has 0 fully saturated rings. The highest BCUT2D eigenvalue weighted by Crippen LogP contribution is 2.39. The zero-order chi connectivity index (χ0) is 18.8. The van der Waals surface area contributed by atoms with Gasteiger partial charge in [0, 0.05) is 29.2 Å². The van der Waals surface area contributed by atoms with Crippen LogP contribution in [0.2, 0.25) is 0 Å². The van der Waals surface area contributed by atoms with Crippen LogP contribution in [0.1, 0.15) is 5.69 Å². The van der Waals surface area contributed by atoms with Gasteiger partial charge in [-0.1, -0.05) is 5.18 Å². The van der Waals surface area contributed by atoms with Crippen molar-refractivity contribution in [2.75, 3.05) is 5.32 Å². The number of phenolic OH excluding ortho intramolecular Hbond substituents is 1. The van der Waals surface area contributed by atoms with Crippen LogP contribution in [0, 0.1) is 4.91 Å². The molecular formula is C18H14N6O3. The lowest BCUT2D eigenvalue weighted by Gasteiger charge is -2.12. The van der Waals surface area contributed by atoms with E-state index in [-0.39, 0.29) is 18.0 Å². The molecule has 0 saturated heterocycles. The molecular weight excluding hydrogens is 348 g/mol. The number of pyridine rings is 1.